The van der Waals surface area contributed by atoms with E-state index in [1.54, 1.807) is 42.5 Å². The Morgan fingerprint density at radius 1 is 1.11 bits per heavy atom. The van der Waals surface area contributed by atoms with Gasteiger partial charge in [-0.05, 0) is 67.8 Å². The van der Waals surface area contributed by atoms with E-state index < -0.39 is 17.7 Å². The second-order valence-electron chi connectivity index (χ2n) is 11.0. The lowest BCUT2D eigenvalue weighted by Crippen LogP contribution is -2.29. The number of thioether (sulfide) groups is 1. The lowest BCUT2D eigenvalue weighted by molar-refractivity contribution is -0.132. The lowest BCUT2D eigenvalue weighted by Gasteiger charge is -2.23. The number of aryl methyl sites for hydroxylation is 1. The summed E-state index contributed by atoms with van der Waals surface area (Å²) in [6, 6.07) is 17.7. The number of carbonyl (C=O) groups excluding carboxylic acids is 2. The van der Waals surface area contributed by atoms with Crippen LogP contribution in [0.3, 0.4) is 0 Å². The maximum atomic E-state index is 13.8. The fraction of sp³-hybridized carbons (Fsp3) is 0.257. The standard InChI is InChI=1S/C35H33N3O6S2/c1-5-15-43-27-14-11-23(18-28(27)42-6-2)30-29(31(39)24-12-13-26-25(17-24)16-21(4)44-26)32(40)33(41)38(30)34-36-37-35(46-34)45-19-22-9-7-20(3)8-10-22/h5,7-14,17-18,21,30,39H,1,6,15-16,19H2,2-4H3. The fourth-order valence-electron chi connectivity index (χ4n) is 5.49. The monoisotopic (exact) mass is 655 g/mol. The van der Waals surface area contributed by atoms with Crippen LogP contribution in [0, 0.1) is 6.92 Å². The highest BCUT2D eigenvalue weighted by Gasteiger charge is 2.48. The molecule has 0 spiro atoms. The minimum Gasteiger partial charge on any atom is -0.507 e. The summed E-state index contributed by atoms with van der Waals surface area (Å²) in [5.41, 5.74) is 4.13. The Labute approximate surface area is 275 Å². The summed E-state index contributed by atoms with van der Waals surface area (Å²) >= 11 is 2.71. The van der Waals surface area contributed by atoms with Gasteiger partial charge in [-0.15, -0.1) is 10.2 Å². The van der Waals surface area contributed by atoms with Gasteiger partial charge in [-0.25, -0.2) is 0 Å². The molecule has 46 heavy (non-hydrogen) atoms. The number of carbonyl (C=O) groups is 2. The Balaban J connectivity index is 1.42. The van der Waals surface area contributed by atoms with Gasteiger partial charge in [-0.3, -0.25) is 14.5 Å². The molecule has 2 atom stereocenters. The van der Waals surface area contributed by atoms with Gasteiger partial charge in [0, 0.05) is 17.7 Å². The van der Waals surface area contributed by atoms with Gasteiger partial charge >= 0.3 is 5.91 Å². The summed E-state index contributed by atoms with van der Waals surface area (Å²) < 4.78 is 18.1. The molecule has 3 aromatic carbocycles. The SMILES string of the molecule is C=CCOc1ccc(C2C(=C(O)c3ccc4c(c3)CC(C)O4)C(=O)C(=O)N2c2nnc(SCc3ccc(C)cc3)s2)cc1OCC. The number of rotatable bonds is 11. The predicted molar refractivity (Wildman–Crippen MR) is 179 cm³/mol. The van der Waals surface area contributed by atoms with Gasteiger partial charge < -0.3 is 19.3 Å². The third-order valence-electron chi connectivity index (χ3n) is 7.64. The Bertz CT molecular complexity index is 1830. The van der Waals surface area contributed by atoms with Crippen molar-refractivity contribution in [3.63, 3.8) is 0 Å². The molecule has 2 unspecified atom stereocenters. The van der Waals surface area contributed by atoms with Crippen molar-refractivity contribution in [2.24, 2.45) is 0 Å². The van der Waals surface area contributed by atoms with E-state index in [0.29, 0.717) is 45.7 Å². The summed E-state index contributed by atoms with van der Waals surface area (Å²) in [6.45, 7) is 10.2. The summed E-state index contributed by atoms with van der Waals surface area (Å²) in [7, 11) is 0. The molecule has 9 nitrogen and oxygen atoms in total. The van der Waals surface area contributed by atoms with Crippen molar-refractivity contribution < 1.29 is 28.9 Å². The minimum absolute atomic E-state index is 0.00672. The summed E-state index contributed by atoms with van der Waals surface area (Å²) in [6.07, 6.45) is 2.31. The lowest BCUT2D eigenvalue weighted by atomic mass is 9.94. The maximum absolute atomic E-state index is 13.8. The number of anilines is 1. The predicted octanol–water partition coefficient (Wildman–Crippen LogP) is 7.05. The van der Waals surface area contributed by atoms with Crippen LogP contribution in [0.5, 0.6) is 17.2 Å². The van der Waals surface area contributed by atoms with Gasteiger partial charge in [0.25, 0.3) is 5.78 Å². The number of hydrogen-bond acceptors (Lipinski definition) is 10. The van der Waals surface area contributed by atoms with E-state index in [4.69, 9.17) is 14.2 Å². The van der Waals surface area contributed by atoms with Crippen LogP contribution in [0.2, 0.25) is 0 Å². The molecule has 1 N–H and O–H groups in total. The minimum atomic E-state index is -1.00. The fourth-order valence-corrected chi connectivity index (χ4v) is 7.31. The Morgan fingerprint density at radius 3 is 2.67 bits per heavy atom. The molecule has 6 rings (SSSR count). The van der Waals surface area contributed by atoms with E-state index in [1.165, 1.54) is 33.6 Å². The van der Waals surface area contributed by atoms with Gasteiger partial charge in [-0.1, -0.05) is 71.6 Å². The number of Topliss-reactive ketones (excluding diaryl/α,β-unsaturated/α-hetero) is 1. The molecule has 0 aliphatic carbocycles. The zero-order chi connectivity index (χ0) is 32.4. The molecule has 1 amide bonds. The molecule has 1 fully saturated rings. The third kappa shape index (κ3) is 6.25. The van der Waals surface area contributed by atoms with Crippen LogP contribution < -0.4 is 19.1 Å². The molecule has 236 valence electrons. The van der Waals surface area contributed by atoms with Crippen molar-refractivity contribution >= 4 is 45.7 Å². The quantitative estimate of drug-likeness (QED) is 0.0454. The van der Waals surface area contributed by atoms with Crippen LogP contribution in [0.15, 0.2) is 83.2 Å². The zero-order valence-electron chi connectivity index (χ0n) is 25.7. The Kier molecular flexibility index (Phi) is 9.14. The van der Waals surface area contributed by atoms with Gasteiger partial charge in [0.1, 0.15) is 24.2 Å². The van der Waals surface area contributed by atoms with E-state index in [9.17, 15) is 14.7 Å². The van der Waals surface area contributed by atoms with Crippen molar-refractivity contribution in [3.05, 3.63) is 107 Å². The molecule has 2 aliphatic rings. The van der Waals surface area contributed by atoms with E-state index >= 15 is 0 Å². The molecule has 4 aromatic rings. The Hall–Kier alpha value is -4.61. The zero-order valence-corrected chi connectivity index (χ0v) is 27.3. The molecule has 1 saturated heterocycles. The molecule has 0 radical (unpaired) electrons. The molecule has 3 heterocycles. The van der Waals surface area contributed by atoms with E-state index in [0.717, 1.165) is 16.9 Å². The average molecular weight is 656 g/mol. The number of aromatic nitrogens is 2. The maximum Gasteiger partial charge on any atom is 0.301 e. The smallest absolute Gasteiger partial charge is 0.301 e. The summed E-state index contributed by atoms with van der Waals surface area (Å²) in [5.74, 6) is 0.423. The number of aliphatic hydroxyl groups is 1. The van der Waals surface area contributed by atoms with Crippen molar-refractivity contribution in [1.29, 1.82) is 0 Å². The number of amides is 1. The third-order valence-corrected chi connectivity index (χ3v) is 9.77. The number of aliphatic hydroxyl groups excluding tert-OH is 1. The van der Waals surface area contributed by atoms with Crippen molar-refractivity contribution in [1.82, 2.24) is 10.2 Å². The normalized spacial score (nSPS) is 18.4. The Morgan fingerprint density at radius 2 is 1.91 bits per heavy atom. The highest BCUT2D eigenvalue weighted by molar-refractivity contribution is 8.00. The van der Waals surface area contributed by atoms with Gasteiger partial charge in [0.05, 0.1) is 18.2 Å². The average Bonchev–Trinajstić information content (AvgIpc) is 3.74. The van der Waals surface area contributed by atoms with E-state index in [-0.39, 0.29) is 29.2 Å². The van der Waals surface area contributed by atoms with Gasteiger partial charge in [-0.2, -0.15) is 0 Å². The second kappa shape index (κ2) is 13.4. The first-order chi connectivity index (χ1) is 22.3. The van der Waals surface area contributed by atoms with E-state index in [2.05, 4.69) is 41.0 Å². The van der Waals surface area contributed by atoms with Gasteiger partial charge in [0.2, 0.25) is 5.13 Å². The molecule has 0 saturated carbocycles. The largest absolute Gasteiger partial charge is 0.507 e. The first kappa shape index (κ1) is 31.4. The number of fused-ring (bicyclic) bond motifs is 1. The van der Waals surface area contributed by atoms with Crippen LogP contribution in [0.1, 0.15) is 47.7 Å². The molecular weight excluding hydrogens is 623 g/mol. The van der Waals surface area contributed by atoms with Crippen LogP contribution in [-0.2, 0) is 21.8 Å². The van der Waals surface area contributed by atoms with Crippen LogP contribution >= 0.6 is 23.1 Å². The number of ether oxygens (including phenoxy) is 3. The highest BCUT2D eigenvalue weighted by atomic mass is 32.2. The molecule has 11 heteroatoms. The van der Waals surface area contributed by atoms with Crippen LogP contribution in [0.25, 0.3) is 5.76 Å². The van der Waals surface area contributed by atoms with Crippen LogP contribution in [-0.4, -0.2) is 46.3 Å². The number of nitrogens with zero attached hydrogens (tertiary/aromatic N) is 3. The topological polar surface area (TPSA) is 111 Å². The first-order valence-electron chi connectivity index (χ1n) is 14.9. The number of benzene rings is 3. The first-order valence-corrected chi connectivity index (χ1v) is 16.7. The summed E-state index contributed by atoms with van der Waals surface area (Å²) in [4.78, 5) is 28.9. The second-order valence-corrected chi connectivity index (χ2v) is 13.2. The van der Waals surface area contributed by atoms with Gasteiger partial charge in [0.15, 0.2) is 15.8 Å². The number of ketones is 1. The van der Waals surface area contributed by atoms with Crippen LogP contribution in [0.4, 0.5) is 5.13 Å². The number of hydrogen-bond donors (Lipinski definition) is 1. The van der Waals surface area contributed by atoms with Crippen molar-refractivity contribution in [2.45, 2.75) is 49.4 Å². The molecule has 1 aromatic heterocycles. The molecule has 2 aliphatic heterocycles. The highest BCUT2D eigenvalue weighted by Crippen LogP contribution is 2.46. The van der Waals surface area contributed by atoms with E-state index in [1.807, 2.05) is 20.8 Å². The molecular formula is C35H33N3O6S2. The summed E-state index contributed by atoms with van der Waals surface area (Å²) in [5, 5.41) is 20.6. The van der Waals surface area contributed by atoms with Crippen molar-refractivity contribution in [3.8, 4) is 17.2 Å². The molecule has 0 bridgehead atoms. The van der Waals surface area contributed by atoms with Crippen molar-refractivity contribution in [2.75, 3.05) is 18.1 Å².